The predicted octanol–water partition coefficient (Wildman–Crippen LogP) is 1.69. The molecule has 4 rings (SSSR count). The number of hydrogen-bond acceptors (Lipinski definition) is 10. The van der Waals surface area contributed by atoms with Gasteiger partial charge in [0, 0.05) is 48.7 Å². The summed E-state index contributed by atoms with van der Waals surface area (Å²) in [6.07, 6.45) is 5.58. The van der Waals surface area contributed by atoms with Gasteiger partial charge in [-0.2, -0.15) is 0 Å². The summed E-state index contributed by atoms with van der Waals surface area (Å²) in [6, 6.07) is 9.06. The van der Waals surface area contributed by atoms with Gasteiger partial charge in [0.2, 0.25) is 0 Å². The van der Waals surface area contributed by atoms with Crippen molar-refractivity contribution in [3.05, 3.63) is 65.7 Å². The number of ketones is 1. The van der Waals surface area contributed by atoms with Gasteiger partial charge in [-0.1, -0.05) is 24.3 Å². The van der Waals surface area contributed by atoms with Crippen LogP contribution in [0.3, 0.4) is 0 Å². The van der Waals surface area contributed by atoms with Crippen molar-refractivity contribution in [1.29, 1.82) is 0 Å². The van der Waals surface area contributed by atoms with Crippen LogP contribution in [0.2, 0.25) is 0 Å². The third-order valence-corrected chi connectivity index (χ3v) is 6.17. The van der Waals surface area contributed by atoms with Crippen LogP contribution in [0.15, 0.2) is 48.9 Å². The Balaban J connectivity index is 1.52. The van der Waals surface area contributed by atoms with Crippen LogP contribution in [0.25, 0.3) is 11.3 Å². The van der Waals surface area contributed by atoms with Crippen LogP contribution in [-0.2, 0) is 27.1 Å². The lowest BCUT2D eigenvalue weighted by Gasteiger charge is -2.30. The first kappa shape index (κ1) is 25.2. The van der Waals surface area contributed by atoms with Gasteiger partial charge in [-0.15, -0.1) is 0 Å². The van der Waals surface area contributed by atoms with E-state index in [1.165, 1.54) is 7.11 Å². The number of methoxy groups -OCH3 is 1. The second-order valence-corrected chi connectivity index (χ2v) is 8.46. The summed E-state index contributed by atoms with van der Waals surface area (Å²) in [5.41, 5.74) is 10.2. The molecule has 3 N–H and O–H groups in total. The van der Waals surface area contributed by atoms with Crippen LogP contribution >= 0.6 is 0 Å². The minimum atomic E-state index is -0.434. The molecule has 0 radical (unpaired) electrons. The highest BCUT2D eigenvalue weighted by molar-refractivity contribution is 6.00. The summed E-state index contributed by atoms with van der Waals surface area (Å²) in [6.45, 7) is 2.81. The fraction of sp³-hybridized carbons (Fsp3) is 0.346. The number of benzene rings is 1. The molecule has 36 heavy (non-hydrogen) atoms. The van der Waals surface area contributed by atoms with Crippen molar-refractivity contribution in [1.82, 2.24) is 20.3 Å². The van der Waals surface area contributed by atoms with Gasteiger partial charge in [-0.25, -0.2) is 9.97 Å². The number of ether oxygens (including phenoxy) is 2. The number of esters is 1. The van der Waals surface area contributed by atoms with Crippen molar-refractivity contribution in [2.75, 3.05) is 51.1 Å². The molecular formula is C26H30N6O4. The Morgan fingerprint density at radius 2 is 1.92 bits per heavy atom. The van der Waals surface area contributed by atoms with Gasteiger partial charge in [-0.3, -0.25) is 14.6 Å². The number of carbonyl (C=O) groups is 2. The first-order valence-electron chi connectivity index (χ1n) is 11.8. The molecule has 1 saturated heterocycles. The molecule has 0 saturated carbocycles. The summed E-state index contributed by atoms with van der Waals surface area (Å²) in [7, 11) is 3.08. The first-order chi connectivity index (χ1) is 17.5. The van der Waals surface area contributed by atoms with Crippen molar-refractivity contribution in [3.63, 3.8) is 0 Å². The molecule has 0 amide bonds. The second-order valence-electron chi connectivity index (χ2n) is 8.46. The highest BCUT2D eigenvalue weighted by Crippen LogP contribution is 2.24. The van der Waals surface area contributed by atoms with E-state index in [0.29, 0.717) is 25.3 Å². The van der Waals surface area contributed by atoms with Crippen molar-refractivity contribution >= 4 is 23.3 Å². The number of likely N-dealkylation sites (N-methyl/N-ethyl adjacent to an activating group) is 1. The molecule has 1 atom stereocenters. The van der Waals surface area contributed by atoms with Gasteiger partial charge in [0.05, 0.1) is 32.2 Å². The topological polar surface area (TPSA) is 133 Å². The summed E-state index contributed by atoms with van der Waals surface area (Å²) < 4.78 is 10.3. The summed E-state index contributed by atoms with van der Waals surface area (Å²) in [5.74, 6) is -0.456. The normalized spacial score (nSPS) is 14.3. The van der Waals surface area contributed by atoms with E-state index in [-0.39, 0.29) is 29.7 Å². The quantitative estimate of drug-likeness (QED) is 0.337. The number of morpholine rings is 1. The number of hydrogen-bond donors (Lipinski definition) is 2. The van der Waals surface area contributed by atoms with E-state index < -0.39 is 6.04 Å². The van der Waals surface area contributed by atoms with Gasteiger partial charge in [-0.05, 0) is 25.1 Å². The highest BCUT2D eigenvalue weighted by atomic mass is 16.5. The third kappa shape index (κ3) is 5.84. The molecule has 188 valence electrons. The average Bonchev–Trinajstić information content (AvgIpc) is 2.92. The number of aromatic nitrogens is 3. The molecular weight excluding hydrogens is 460 g/mol. The second kappa shape index (κ2) is 11.7. The van der Waals surface area contributed by atoms with Gasteiger partial charge in [0.25, 0.3) is 0 Å². The number of carbonyl (C=O) groups excluding carboxylic acids is 2. The lowest BCUT2D eigenvalue weighted by atomic mass is 10.0. The number of pyridine rings is 1. The molecule has 3 aromatic rings. The molecule has 1 aromatic carbocycles. The van der Waals surface area contributed by atoms with Crippen LogP contribution in [0.1, 0.15) is 21.6 Å². The van der Waals surface area contributed by atoms with Crippen LogP contribution < -0.4 is 16.0 Å². The molecule has 0 spiro atoms. The Bertz CT molecular complexity index is 1210. The van der Waals surface area contributed by atoms with Gasteiger partial charge in [0.1, 0.15) is 11.7 Å². The van der Waals surface area contributed by atoms with E-state index in [9.17, 15) is 9.59 Å². The Morgan fingerprint density at radius 1 is 1.17 bits per heavy atom. The van der Waals surface area contributed by atoms with Crippen molar-refractivity contribution in [3.8, 4) is 11.3 Å². The van der Waals surface area contributed by atoms with Gasteiger partial charge >= 0.3 is 5.97 Å². The zero-order chi connectivity index (χ0) is 25.5. The van der Waals surface area contributed by atoms with E-state index in [1.807, 2.05) is 30.3 Å². The molecule has 0 unspecified atom stereocenters. The lowest BCUT2D eigenvalue weighted by molar-refractivity contribution is -0.142. The summed E-state index contributed by atoms with van der Waals surface area (Å²) in [5, 5.41) is 2.96. The van der Waals surface area contributed by atoms with Crippen molar-refractivity contribution < 1.29 is 19.1 Å². The van der Waals surface area contributed by atoms with E-state index in [1.54, 1.807) is 25.6 Å². The minimum absolute atomic E-state index is 0.0899. The predicted molar refractivity (Wildman–Crippen MR) is 136 cm³/mol. The maximum Gasteiger partial charge on any atom is 0.323 e. The summed E-state index contributed by atoms with van der Waals surface area (Å²) in [4.78, 5) is 40.3. The molecule has 1 aliphatic rings. The zero-order valence-corrected chi connectivity index (χ0v) is 20.4. The third-order valence-electron chi connectivity index (χ3n) is 6.17. The number of rotatable bonds is 9. The molecule has 10 nitrogen and oxygen atoms in total. The maximum atomic E-state index is 13.3. The largest absolute Gasteiger partial charge is 0.468 e. The number of anilines is 2. The number of nitrogens with one attached hydrogen (secondary N) is 1. The standard InChI is InChI=1S/C26H30N6O4/c1-28-20(26(34)35-2)13-17-3-5-18(6-4-17)21-16-30-25(27)24(31-21)23(33)14-19-15-29-8-7-22(19)32-9-11-36-12-10-32/h3-8,15-16,20,28H,9-14H2,1-2H3,(H2,27,30)/t20-/m0/s1. The minimum Gasteiger partial charge on any atom is -0.468 e. The Morgan fingerprint density at radius 3 is 2.61 bits per heavy atom. The van der Waals surface area contributed by atoms with Crippen LogP contribution in [-0.4, -0.2) is 73.2 Å². The smallest absolute Gasteiger partial charge is 0.323 e. The molecule has 2 aromatic heterocycles. The Hall–Kier alpha value is -3.89. The van der Waals surface area contributed by atoms with Gasteiger partial charge < -0.3 is 25.4 Å². The lowest BCUT2D eigenvalue weighted by Crippen LogP contribution is -2.37. The fourth-order valence-corrected chi connectivity index (χ4v) is 4.16. The number of Topliss-reactive ketones (excluding diaryl/α,β-unsaturated/α-hetero) is 1. The monoisotopic (exact) mass is 490 g/mol. The van der Waals surface area contributed by atoms with E-state index in [2.05, 4.69) is 25.2 Å². The number of nitrogens with two attached hydrogens (primary N) is 1. The maximum absolute atomic E-state index is 13.3. The number of nitrogen functional groups attached to an aromatic ring is 1. The fourth-order valence-electron chi connectivity index (χ4n) is 4.16. The number of nitrogens with zero attached hydrogens (tertiary/aromatic N) is 4. The first-order valence-corrected chi connectivity index (χ1v) is 11.8. The summed E-state index contributed by atoms with van der Waals surface area (Å²) >= 11 is 0. The van der Waals surface area contributed by atoms with Crippen LogP contribution in [0.5, 0.6) is 0 Å². The van der Waals surface area contributed by atoms with Crippen LogP contribution in [0, 0.1) is 0 Å². The van der Waals surface area contributed by atoms with E-state index >= 15 is 0 Å². The van der Waals surface area contributed by atoms with Crippen molar-refractivity contribution in [2.45, 2.75) is 18.9 Å². The SMILES string of the molecule is CN[C@@H](Cc1ccc(-c2cnc(N)c(C(=O)Cc3cnccc3N3CCOCC3)n2)cc1)C(=O)OC. The molecule has 1 fully saturated rings. The molecule has 0 aliphatic carbocycles. The average molecular weight is 491 g/mol. The zero-order valence-electron chi connectivity index (χ0n) is 20.4. The Labute approximate surface area is 209 Å². The Kier molecular flexibility index (Phi) is 8.19. The van der Waals surface area contributed by atoms with Crippen LogP contribution in [0.4, 0.5) is 11.5 Å². The molecule has 3 heterocycles. The molecule has 0 bridgehead atoms. The van der Waals surface area contributed by atoms with Crippen molar-refractivity contribution in [2.24, 2.45) is 0 Å². The van der Waals surface area contributed by atoms with E-state index in [0.717, 1.165) is 35.5 Å². The van der Waals surface area contributed by atoms with E-state index in [4.69, 9.17) is 15.2 Å². The van der Waals surface area contributed by atoms with Gasteiger partial charge in [0.15, 0.2) is 11.6 Å². The molecule has 1 aliphatic heterocycles. The highest BCUT2D eigenvalue weighted by Gasteiger charge is 2.21. The molecule has 10 heteroatoms.